The summed E-state index contributed by atoms with van der Waals surface area (Å²) in [5, 5.41) is 20.5. The van der Waals surface area contributed by atoms with Gasteiger partial charge in [0.25, 0.3) is 0 Å². The van der Waals surface area contributed by atoms with E-state index in [1.807, 2.05) is 54.6 Å². The van der Waals surface area contributed by atoms with Gasteiger partial charge >= 0.3 is 0 Å². The van der Waals surface area contributed by atoms with Crippen molar-refractivity contribution in [1.29, 1.82) is 0 Å². The number of rotatable bonds is 3. The fraction of sp³-hybridized carbons (Fsp3) is 0.308. The van der Waals surface area contributed by atoms with Crippen molar-refractivity contribution in [3.63, 3.8) is 0 Å². The molecule has 32 heavy (non-hydrogen) atoms. The highest BCUT2D eigenvalue weighted by atomic mass is 32.2. The molecule has 0 radical (unpaired) electrons. The Hall–Kier alpha value is -2.83. The Morgan fingerprint density at radius 1 is 0.844 bits per heavy atom. The van der Waals surface area contributed by atoms with E-state index in [0.717, 1.165) is 11.1 Å². The van der Waals surface area contributed by atoms with Crippen LogP contribution in [0.3, 0.4) is 0 Å². The maximum absolute atomic E-state index is 13.2. The van der Waals surface area contributed by atoms with Crippen molar-refractivity contribution < 1.29 is 9.66 Å². The quantitative estimate of drug-likeness (QED) is 0.398. The summed E-state index contributed by atoms with van der Waals surface area (Å²) >= 11 is -1.39. The molecule has 0 aliphatic rings. The van der Waals surface area contributed by atoms with Gasteiger partial charge in [-0.25, -0.2) is 0 Å². The van der Waals surface area contributed by atoms with Crippen LogP contribution in [-0.2, 0) is 22.0 Å². The first-order valence-corrected chi connectivity index (χ1v) is 11.8. The van der Waals surface area contributed by atoms with E-state index in [9.17, 15) is 9.66 Å². The first kappa shape index (κ1) is 22.4. The minimum atomic E-state index is -1.39. The number of benzene rings is 3. The molecule has 1 aromatic heterocycles. The van der Waals surface area contributed by atoms with Crippen molar-refractivity contribution in [2.45, 2.75) is 62.2 Å². The van der Waals surface area contributed by atoms with Crippen LogP contribution >= 0.6 is 0 Å². The Balaban J connectivity index is 1.92. The van der Waals surface area contributed by atoms with Crippen molar-refractivity contribution in [2.24, 2.45) is 0 Å². The summed E-state index contributed by atoms with van der Waals surface area (Å²) in [5.41, 5.74) is 3.27. The molecule has 0 fully saturated rings. The van der Waals surface area contributed by atoms with Gasteiger partial charge in [-0.05, 0) is 46.7 Å². The predicted molar refractivity (Wildman–Crippen MR) is 129 cm³/mol. The molecule has 3 aromatic carbocycles. The lowest BCUT2D eigenvalue weighted by molar-refractivity contribution is 0.438. The average Bonchev–Trinajstić information content (AvgIpc) is 3.16. The molecule has 1 atom stereocenters. The molecule has 0 spiro atoms. The molecule has 0 saturated carbocycles. The van der Waals surface area contributed by atoms with Crippen LogP contribution in [0.25, 0.3) is 16.7 Å². The van der Waals surface area contributed by atoms with Crippen LogP contribution in [0, 0.1) is 0 Å². The zero-order valence-electron chi connectivity index (χ0n) is 19.4. The molecule has 0 bridgehead atoms. The molecule has 1 N–H and O–H groups in total. The van der Waals surface area contributed by atoms with Crippen LogP contribution < -0.4 is 0 Å². The third kappa shape index (κ3) is 4.12. The average molecular weight is 448 g/mol. The van der Waals surface area contributed by atoms with Crippen molar-refractivity contribution in [3.05, 3.63) is 71.8 Å². The first-order valence-electron chi connectivity index (χ1n) is 10.7. The van der Waals surface area contributed by atoms with Gasteiger partial charge in [-0.15, -0.1) is 15.0 Å². The summed E-state index contributed by atoms with van der Waals surface area (Å²) in [6.07, 6.45) is 0. The van der Waals surface area contributed by atoms with E-state index in [1.54, 1.807) is 0 Å². The van der Waals surface area contributed by atoms with Crippen LogP contribution in [0.5, 0.6) is 5.75 Å². The fourth-order valence-electron chi connectivity index (χ4n) is 3.62. The minimum Gasteiger partial charge on any atom is -0.606 e. The molecule has 0 aliphatic carbocycles. The van der Waals surface area contributed by atoms with Crippen molar-refractivity contribution >= 4 is 22.2 Å². The van der Waals surface area contributed by atoms with Gasteiger partial charge in [0.15, 0.2) is 15.3 Å². The second-order valence-corrected chi connectivity index (χ2v) is 11.5. The second-order valence-electron chi connectivity index (χ2n) is 10.1. The fourth-order valence-corrected chi connectivity index (χ4v) is 4.80. The highest BCUT2D eigenvalue weighted by Crippen LogP contribution is 2.39. The van der Waals surface area contributed by atoms with Gasteiger partial charge in [0.1, 0.15) is 17.0 Å². The molecular weight excluding hydrogens is 418 g/mol. The monoisotopic (exact) mass is 447 g/mol. The highest BCUT2D eigenvalue weighted by Gasteiger charge is 2.27. The Morgan fingerprint density at radius 3 is 2.16 bits per heavy atom. The SMILES string of the molecule is CC(C)(C)c1cc(-n2nc3cccc([S+]([O-])c4ccccc4)c3n2)c(O)c(C(C)(C)C)c1. The van der Waals surface area contributed by atoms with E-state index in [4.69, 9.17) is 0 Å². The lowest BCUT2D eigenvalue weighted by atomic mass is 9.80. The predicted octanol–water partition coefficient (Wildman–Crippen LogP) is 5.89. The number of aromatic nitrogens is 3. The van der Waals surface area contributed by atoms with E-state index in [1.165, 1.54) is 4.80 Å². The van der Waals surface area contributed by atoms with Gasteiger partial charge in [0.05, 0.1) is 0 Å². The third-order valence-electron chi connectivity index (χ3n) is 5.51. The smallest absolute Gasteiger partial charge is 0.188 e. The van der Waals surface area contributed by atoms with Gasteiger partial charge in [-0.2, -0.15) is 0 Å². The molecule has 4 aromatic rings. The van der Waals surface area contributed by atoms with Gasteiger partial charge in [0.2, 0.25) is 0 Å². The number of phenolic OH excluding ortho intramolecular Hbond substituents is 1. The van der Waals surface area contributed by atoms with E-state index in [2.05, 4.69) is 57.8 Å². The molecular formula is C26H29N3O2S. The molecule has 0 aliphatic heterocycles. The summed E-state index contributed by atoms with van der Waals surface area (Å²) in [5.74, 6) is 0.163. The molecule has 0 saturated heterocycles. The van der Waals surface area contributed by atoms with Crippen molar-refractivity contribution in [3.8, 4) is 11.4 Å². The molecule has 4 rings (SSSR count). The highest BCUT2D eigenvalue weighted by molar-refractivity contribution is 7.91. The number of phenols is 1. The molecule has 166 valence electrons. The van der Waals surface area contributed by atoms with Crippen LogP contribution in [0.2, 0.25) is 0 Å². The summed E-state index contributed by atoms with van der Waals surface area (Å²) in [6.45, 7) is 12.7. The largest absolute Gasteiger partial charge is 0.606 e. The Kier molecular flexibility index (Phi) is 5.55. The molecule has 6 heteroatoms. The van der Waals surface area contributed by atoms with Gasteiger partial charge in [-0.3, -0.25) is 0 Å². The normalized spacial score (nSPS) is 13.5. The van der Waals surface area contributed by atoms with Gasteiger partial charge in [-0.1, -0.05) is 71.9 Å². The standard InChI is InChI=1S/C26H29N3O2S/c1-25(2,3)17-15-19(26(4,5)6)24(30)21(16-17)29-27-20-13-10-14-22(23(20)28-29)32(31)18-11-8-7-9-12-18/h7-16,30H,1-6H3. The summed E-state index contributed by atoms with van der Waals surface area (Å²) in [7, 11) is 0. The molecule has 1 heterocycles. The first-order chi connectivity index (χ1) is 15.0. The third-order valence-corrected chi connectivity index (χ3v) is 6.94. The van der Waals surface area contributed by atoms with E-state index >= 15 is 0 Å². The van der Waals surface area contributed by atoms with Crippen LogP contribution in [0.15, 0.2) is 70.5 Å². The number of hydrogen-bond acceptors (Lipinski definition) is 4. The van der Waals surface area contributed by atoms with E-state index in [-0.39, 0.29) is 16.6 Å². The van der Waals surface area contributed by atoms with Crippen molar-refractivity contribution in [1.82, 2.24) is 15.0 Å². The van der Waals surface area contributed by atoms with Gasteiger partial charge < -0.3 is 9.66 Å². The maximum Gasteiger partial charge on any atom is 0.188 e. The second kappa shape index (κ2) is 7.94. The van der Waals surface area contributed by atoms with Gasteiger partial charge in [0, 0.05) is 16.7 Å². The Morgan fingerprint density at radius 2 is 1.53 bits per heavy atom. The lowest BCUT2D eigenvalue weighted by Gasteiger charge is -2.27. The Bertz CT molecular complexity index is 1270. The van der Waals surface area contributed by atoms with Crippen LogP contribution in [0.1, 0.15) is 52.7 Å². The number of hydrogen-bond donors (Lipinski definition) is 1. The molecule has 1 unspecified atom stereocenters. The maximum atomic E-state index is 13.2. The number of aromatic hydroxyl groups is 1. The molecule has 5 nitrogen and oxygen atoms in total. The van der Waals surface area contributed by atoms with Crippen LogP contribution in [0.4, 0.5) is 0 Å². The summed E-state index contributed by atoms with van der Waals surface area (Å²) in [4.78, 5) is 2.78. The Labute approximate surface area is 192 Å². The van der Waals surface area contributed by atoms with Crippen molar-refractivity contribution in [2.75, 3.05) is 0 Å². The number of nitrogens with zero attached hydrogens (tertiary/aromatic N) is 3. The zero-order chi connectivity index (χ0) is 23.3. The van der Waals surface area contributed by atoms with E-state index < -0.39 is 11.2 Å². The summed E-state index contributed by atoms with van der Waals surface area (Å²) < 4.78 is 13.2. The van der Waals surface area contributed by atoms with Crippen LogP contribution in [-0.4, -0.2) is 24.7 Å². The number of fused-ring (bicyclic) bond motifs is 1. The summed E-state index contributed by atoms with van der Waals surface area (Å²) in [6, 6.07) is 18.8. The minimum absolute atomic E-state index is 0.116. The van der Waals surface area contributed by atoms with E-state index in [0.29, 0.717) is 26.5 Å². The zero-order valence-corrected chi connectivity index (χ0v) is 20.2. The molecule has 0 amide bonds. The topological polar surface area (TPSA) is 74.0 Å². The lowest BCUT2D eigenvalue weighted by Crippen LogP contribution is -2.18.